The van der Waals surface area contributed by atoms with Crippen LogP contribution >= 0.6 is 0 Å². The molecule has 1 aliphatic rings. The number of hydrogen-bond acceptors (Lipinski definition) is 4. The number of carbonyl (C=O) groups is 2. The number of nitrogens with one attached hydrogen (secondary N) is 1. The number of aliphatic hydroxyl groups excluding tert-OH is 1. The number of methoxy groups -OCH3 is 1. The topological polar surface area (TPSA) is 95.9 Å². The Morgan fingerprint density at radius 1 is 1.16 bits per heavy atom. The normalized spacial score (nSPS) is 18.5. The second-order valence-corrected chi connectivity index (χ2v) is 5.99. The van der Waals surface area contributed by atoms with Crippen molar-refractivity contribution >= 4 is 11.9 Å². The smallest absolute Gasteiger partial charge is 0.339 e. The Morgan fingerprint density at radius 2 is 1.88 bits per heavy atom. The van der Waals surface area contributed by atoms with E-state index >= 15 is 0 Å². The fraction of sp³-hybridized carbons (Fsp3) is 0.263. The number of hydrogen-bond donors (Lipinski definition) is 3. The maximum Gasteiger partial charge on any atom is 0.339 e. The lowest BCUT2D eigenvalue weighted by Gasteiger charge is -2.21. The molecule has 0 aliphatic heterocycles. The Balaban J connectivity index is 1.93. The Morgan fingerprint density at radius 3 is 2.56 bits per heavy atom. The Labute approximate surface area is 145 Å². The highest BCUT2D eigenvalue weighted by Crippen LogP contribution is 2.36. The zero-order valence-electron chi connectivity index (χ0n) is 13.7. The van der Waals surface area contributed by atoms with Crippen LogP contribution in [0.4, 0.5) is 0 Å². The van der Waals surface area contributed by atoms with E-state index in [1.165, 1.54) is 25.3 Å². The summed E-state index contributed by atoms with van der Waals surface area (Å²) in [6.07, 6.45) is 0.684. The molecule has 0 saturated carbocycles. The van der Waals surface area contributed by atoms with E-state index in [0.29, 0.717) is 6.42 Å². The molecular weight excluding hydrogens is 322 g/mol. The summed E-state index contributed by atoms with van der Waals surface area (Å²) in [5.41, 5.74) is 2.16. The lowest BCUT2D eigenvalue weighted by molar-refractivity contribution is 0.0693. The van der Waals surface area contributed by atoms with Crippen LogP contribution in [0.25, 0.3) is 0 Å². The van der Waals surface area contributed by atoms with Gasteiger partial charge in [0.15, 0.2) is 0 Å². The van der Waals surface area contributed by atoms with Gasteiger partial charge < -0.3 is 20.3 Å². The second kappa shape index (κ2) is 6.94. The molecule has 0 radical (unpaired) electrons. The third-order valence-corrected chi connectivity index (χ3v) is 4.56. The number of carboxylic acids is 1. The average Bonchev–Trinajstić information content (AvgIpc) is 2.98. The van der Waals surface area contributed by atoms with Gasteiger partial charge in [0, 0.05) is 12.5 Å². The SMILES string of the molecule is COc1c(C(=O)O)cccc1C(=O)N[C@H]1c2ccccc2C[C@H]1CO. The van der Waals surface area contributed by atoms with Gasteiger partial charge in [0.05, 0.1) is 18.7 Å². The summed E-state index contributed by atoms with van der Waals surface area (Å²) in [5.74, 6) is -1.68. The van der Waals surface area contributed by atoms with Crippen molar-refractivity contribution in [2.45, 2.75) is 12.5 Å². The van der Waals surface area contributed by atoms with E-state index in [4.69, 9.17) is 4.74 Å². The summed E-state index contributed by atoms with van der Waals surface area (Å²) >= 11 is 0. The Kier molecular flexibility index (Phi) is 4.72. The second-order valence-electron chi connectivity index (χ2n) is 5.99. The standard InChI is InChI=1S/C19H19NO5/c1-25-17-14(7-4-8-15(17)19(23)24)18(22)20-16-12(10-21)9-11-5-2-3-6-13(11)16/h2-8,12,16,21H,9-10H2,1H3,(H,20,22)(H,23,24)/t12-,16+/m0/s1. The first-order valence-corrected chi connectivity index (χ1v) is 7.96. The van der Waals surface area contributed by atoms with Crippen molar-refractivity contribution in [2.75, 3.05) is 13.7 Å². The lowest BCUT2D eigenvalue weighted by Crippen LogP contribution is -2.33. The van der Waals surface area contributed by atoms with Crippen molar-refractivity contribution in [3.63, 3.8) is 0 Å². The van der Waals surface area contributed by atoms with Crippen LogP contribution in [0.3, 0.4) is 0 Å². The molecule has 130 valence electrons. The van der Waals surface area contributed by atoms with Crippen LogP contribution in [0.15, 0.2) is 42.5 Å². The number of rotatable bonds is 5. The first-order valence-electron chi connectivity index (χ1n) is 7.96. The first kappa shape index (κ1) is 17.0. The minimum absolute atomic E-state index is 0.0272. The molecule has 0 bridgehead atoms. The van der Waals surface area contributed by atoms with E-state index in [1.807, 2.05) is 24.3 Å². The number of carbonyl (C=O) groups excluding carboxylic acids is 1. The molecule has 6 nitrogen and oxygen atoms in total. The van der Waals surface area contributed by atoms with Gasteiger partial charge in [-0.3, -0.25) is 4.79 Å². The highest BCUT2D eigenvalue weighted by Gasteiger charge is 2.33. The molecule has 0 aromatic heterocycles. The van der Waals surface area contributed by atoms with Gasteiger partial charge in [-0.25, -0.2) is 4.79 Å². The molecule has 1 aliphatic carbocycles. The maximum atomic E-state index is 12.8. The summed E-state index contributed by atoms with van der Waals surface area (Å²) in [5, 5.41) is 21.8. The van der Waals surface area contributed by atoms with Gasteiger partial charge in [0.2, 0.25) is 0 Å². The number of aliphatic hydroxyl groups is 1. The number of carboxylic acid groups (broad SMARTS) is 1. The molecule has 2 aromatic rings. The number of fused-ring (bicyclic) bond motifs is 1. The fourth-order valence-corrected chi connectivity index (χ4v) is 3.37. The van der Waals surface area contributed by atoms with Crippen LogP contribution < -0.4 is 10.1 Å². The zero-order chi connectivity index (χ0) is 18.0. The molecule has 25 heavy (non-hydrogen) atoms. The van der Waals surface area contributed by atoms with Gasteiger partial charge in [0.1, 0.15) is 11.3 Å². The molecule has 3 N–H and O–H groups in total. The van der Waals surface area contributed by atoms with E-state index in [0.717, 1.165) is 11.1 Å². The predicted octanol–water partition coefficient (Wildman–Crippen LogP) is 2.03. The lowest BCUT2D eigenvalue weighted by atomic mass is 10.0. The number of ether oxygens (including phenoxy) is 1. The first-order chi connectivity index (χ1) is 12.1. The van der Waals surface area contributed by atoms with Crippen molar-refractivity contribution in [1.29, 1.82) is 0 Å². The summed E-state index contributed by atoms with van der Waals surface area (Å²) in [6.45, 7) is -0.0497. The van der Waals surface area contributed by atoms with Crippen molar-refractivity contribution < 1.29 is 24.5 Å². The van der Waals surface area contributed by atoms with Gasteiger partial charge in [-0.15, -0.1) is 0 Å². The van der Waals surface area contributed by atoms with Crippen LogP contribution in [0.5, 0.6) is 5.75 Å². The van der Waals surface area contributed by atoms with Crippen LogP contribution in [0.1, 0.15) is 37.9 Å². The average molecular weight is 341 g/mol. The highest BCUT2D eigenvalue weighted by atomic mass is 16.5. The van der Waals surface area contributed by atoms with Crippen LogP contribution in [0.2, 0.25) is 0 Å². The van der Waals surface area contributed by atoms with E-state index in [-0.39, 0.29) is 35.4 Å². The number of amides is 1. The summed E-state index contributed by atoms with van der Waals surface area (Å²) in [7, 11) is 1.33. The molecule has 6 heteroatoms. The Bertz CT molecular complexity index is 817. The number of para-hydroxylation sites is 1. The molecule has 0 saturated heterocycles. The molecule has 0 fully saturated rings. The monoisotopic (exact) mass is 341 g/mol. The molecule has 3 rings (SSSR count). The fourth-order valence-electron chi connectivity index (χ4n) is 3.37. The van der Waals surface area contributed by atoms with Gasteiger partial charge in [-0.1, -0.05) is 30.3 Å². The largest absolute Gasteiger partial charge is 0.495 e. The maximum absolute atomic E-state index is 12.8. The van der Waals surface area contributed by atoms with Crippen molar-refractivity contribution in [1.82, 2.24) is 5.32 Å². The van der Waals surface area contributed by atoms with Gasteiger partial charge in [-0.2, -0.15) is 0 Å². The van der Waals surface area contributed by atoms with Crippen LogP contribution in [0, 0.1) is 5.92 Å². The molecule has 0 spiro atoms. The van der Waals surface area contributed by atoms with Gasteiger partial charge in [0.25, 0.3) is 5.91 Å². The molecule has 0 heterocycles. The van der Waals surface area contributed by atoms with Gasteiger partial charge >= 0.3 is 5.97 Å². The molecular formula is C19H19NO5. The summed E-state index contributed by atoms with van der Waals surface area (Å²) in [6, 6.07) is 11.8. The van der Waals surface area contributed by atoms with E-state index in [1.54, 1.807) is 0 Å². The Hall–Kier alpha value is -2.86. The number of benzene rings is 2. The highest BCUT2D eigenvalue weighted by molar-refractivity contribution is 6.02. The molecule has 2 atom stereocenters. The molecule has 2 aromatic carbocycles. The quantitative estimate of drug-likeness (QED) is 0.773. The van der Waals surface area contributed by atoms with Crippen LogP contribution in [-0.2, 0) is 6.42 Å². The minimum atomic E-state index is -1.16. The van der Waals surface area contributed by atoms with E-state index in [9.17, 15) is 19.8 Å². The minimum Gasteiger partial charge on any atom is -0.495 e. The summed E-state index contributed by atoms with van der Waals surface area (Å²) in [4.78, 5) is 24.1. The van der Waals surface area contributed by atoms with Gasteiger partial charge in [-0.05, 0) is 29.7 Å². The number of aromatic carboxylic acids is 1. The van der Waals surface area contributed by atoms with Crippen molar-refractivity contribution in [3.05, 3.63) is 64.7 Å². The third kappa shape index (κ3) is 3.08. The van der Waals surface area contributed by atoms with Crippen LogP contribution in [-0.4, -0.2) is 35.8 Å². The zero-order valence-corrected chi connectivity index (χ0v) is 13.7. The molecule has 1 amide bonds. The van der Waals surface area contributed by atoms with E-state index < -0.39 is 11.9 Å². The predicted molar refractivity (Wildman–Crippen MR) is 90.9 cm³/mol. The van der Waals surface area contributed by atoms with E-state index in [2.05, 4.69) is 5.32 Å². The summed E-state index contributed by atoms with van der Waals surface area (Å²) < 4.78 is 5.15. The van der Waals surface area contributed by atoms with Crippen molar-refractivity contribution in [3.8, 4) is 5.75 Å². The van der Waals surface area contributed by atoms with Crippen molar-refractivity contribution in [2.24, 2.45) is 5.92 Å². The third-order valence-electron chi connectivity index (χ3n) is 4.56. The molecule has 0 unspecified atom stereocenters.